The Bertz CT molecular complexity index is 1630. The topological polar surface area (TPSA) is 148 Å². The lowest BCUT2D eigenvalue weighted by Gasteiger charge is -2.12. The number of rotatable bonds is 6. The van der Waals surface area contributed by atoms with Crippen molar-refractivity contribution in [1.82, 2.24) is 24.8 Å². The minimum Gasteiger partial charge on any atom is -0.465 e. The zero-order valence-electron chi connectivity index (χ0n) is 19.8. The van der Waals surface area contributed by atoms with Crippen LogP contribution in [0.4, 0.5) is 16.3 Å². The first-order chi connectivity index (χ1) is 17.9. The summed E-state index contributed by atoms with van der Waals surface area (Å²) in [5.74, 6) is 0.762. The molecule has 0 fully saturated rings. The van der Waals surface area contributed by atoms with Gasteiger partial charge in [0.05, 0.1) is 11.3 Å². The Morgan fingerprint density at radius 1 is 1.00 bits per heavy atom. The fourth-order valence-electron chi connectivity index (χ4n) is 4.05. The molecule has 0 aliphatic heterocycles. The molecule has 0 spiro atoms. The number of benzene rings is 2. The van der Waals surface area contributed by atoms with Crippen molar-refractivity contribution >= 4 is 34.7 Å². The Labute approximate surface area is 211 Å². The molecule has 3 heterocycles. The molecule has 37 heavy (non-hydrogen) atoms. The number of fused-ring (bicyclic) bond motifs is 1. The van der Waals surface area contributed by atoms with Gasteiger partial charge in [0.2, 0.25) is 5.91 Å². The maximum atomic E-state index is 11.5. The highest BCUT2D eigenvalue weighted by molar-refractivity contribution is 5.90. The molecule has 10 nitrogen and oxygen atoms in total. The number of hydrogen-bond acceptors (Lipinski definition) is 6. The van der Waals surface area contributed by atoms with Gasteiger partial charge in [-0.3, -0.25) is 9.36 Å². The second-order valence-corrected chi connectivity index (χ2v) is 8.33. The van der Waals surface area contributed by atoms with Crippen LogP contribution < -0.4 is 16.4 Å². The first kappa shape index (κ1) is 23.5. The molecule has 5 rings (SSSR count). The third-order valence-electron chi connectivity index (χ3n) is 5.70. The Morgan fingerprint density at radius 2 is 1.81 bits per heavy atom. The summed E-state index contributed by atoms with van der Waals surface area (Å²) in [4.78, 5) is 36.4. The third-order valence-corrected chi connectivity index (χ3v) is 5.70. The highest BCUT2D eigenvalue weighted by Gasteiger charge is 2.19. The van der Waals surface area contributed by atoms with Gasteiger partial charge >= 0.3 is 6.09 Å². The Morgan fingerprint density at radius 3 is 2.54 bits per heavy atom. The number of anilines is 2. The number of imidazole rings is 1. The zero-order chi connectivity index (χ0) is 25.9. The molecule has 5 N–H and O–H groups in total. The Balaban J connectivity index is 1.66. The second kappa shape index (κ2) is 9.78. The van der Waals surface area contributed by atoms with E-state index in [0.717, 1.165) is 16.8 Å². The summed E-state index contributed by atoms with van der Waals surface area (Å²) < 4.78 is 1.90. The molecule has 0 aliphatic carbocycles. The van der Waals surface area contributed by atoms with Crippen LogP contribution in [-0.4, -0.2) is 36.6 Å². The fourth-order valence-corrected chi connectivity index (χ4v) is 4.05. The normalized spacial score (nSPS) is 10.8. The molecular weight excluding hydrogens is 470 g/mol. The van der Waals surface area contributed by atoms with Crippen molar-refractivity contribution < 1.29 is 14.7 Å². The van der Waals surface area contributed by atoms with Gasteiger partial charge in [-0.25, -0.2) is 19.7 Å². The summed E-state index contributed by atoms with van der Waals surface area (Å²) in [6, 6.07) is 22.3. The molecule has 10 heteroatoms. The zero-order valence-corrected chi connectivity index (χ0v) is 19.8. The van der Waals surface area contributed by atoms with Crippen LogP contribution in [0.5, 0.6) is 0 Å². The quantitative estimate of drug-likeness (QED) is 0.273. The van der Waals surface area contributed by atoms with Crippen molar-refractivity contribution in [2.45, 2.75) is 13.5 Å². The average Bonchev–Trinajstić information content (AvgIpc) is 3.26. The van der Waals surface area contributed by atoms with E-state index in [0.29, 0.717) is 39.8 Å². The highest BCUT2D eigenvalue weighted by Crippen LogP contribution is 2.32. The summed E-state index contributed by atoms with van der Waals surface area (Å²) in [6.45, 7) is 1.65. The number of nitrogens with one attached hydrogen (secondary N) is 2. The SMILES string of the molecule is CC(=O)Nc1cccc(-c2ccc3nc(-c4cccnc4N)n(-c4ccc(CNC(=O)O)cc4)c3n2)c1. The first-order valence-electron chi connectivity index (χ1n) is 11.4. The molecule has 3 aromatic heterocycles. The molecule has 5 aromatic rings. The van der Waals surface area contributed by atoms with Crippen LogP contribution in [0, 0.1) is 0 Å². The molecule has 0 radical (unpaired) electrons. The number of aromatic nitrogens is 4. The third kappa shape index (κ3) is 4.94. The van der Waals surface area contributed by atoms with E-state index in [4.69, 9.17) is 20.8 Å². The van der Waals surface area contributed by atoms with E-state index in [-0.39, 0.29) is 12.5 Å². The van der Waals surface area contributed by atoms with Crippen molar-refractivity contribution in [3.05, 3.63) is 84.6 Å². The molecule has 0 bridgehead atoms. The van der Waals surface area contributed by atoms with Crippen LogP contribution in [0.15, 0.2) is 79.0 Å². The van der Waals surface area contributed by atoms with Crippen LogP contribution in [0.3, 0.4) is 0 Å². The van der Waals surface area contributed by atoms with E-state index in [9.17, 15) is 9.59 Å². The summed E-state index contributed by atoms with van der Waals surface area (Å²) in [5, 5.41) is 14.1. The van der Waals surface area contributed by atoms with E-state index in [2.05, 4.69) is 15.6 Å². The maximum Gasteiger partial charge on any atom is 0.404 e. The van der Waals surface area contributed by atoms with Gasteiger partial charge in [0, 0.05) is 36.6 Å². The van der Waals surface area contributed by atoms with E-state index in [1.165, 1.54) is 6.92 Å². The van der Waals surface area contributed by atoms with Gasteiger partial charge in [-0.05, 0) is 54.1 Å². The molecule has 0 saturated heterocycles. The monoisotopic (exact) mass is 493 g/mol. The molecule has 0 aliphatic rings. The molecular formula is C27H23N7O3. The number of carbonyl (C=O) groups is 2. The van der Waals surface area contributed by atoms with Gasteiger partial charge < -0.3 is 21.5 Å². The molecule has 0 saturated carbocycles. The maximum absolute atomic E-state index is 11.5. The molecule has 0 unspecified atom stereocenters. The van der Waals surface area contributed by atoms with Crippen molar-refractivity contribution in [2.24, 2.45) is 0 Å². The van der Waals surface area contributed by atoms with E-state index >= 15 is 0 Å². The predicted octanol–water partition coefficient (Wildman–Crippen LogP) is 4.46. The van der Waals surface area contributed by atoms with E-state index in [1.54, 1.807) is 12.3 Å². The van der Waals surface area contributed by atoms with E-state index in [1.807, 2.05) is 71.3 Å². The number of carboxylic acid groups (broad SMARTS) is 1. The largest absolute Gasteiger partial charge is 0.465 e. The summed E-state index contributed by atoms with van der Waals surface area (Å²) in [6.07, 6.45) is 0.535. The molecule has 184 valence electrons. The van der Waals surface area contributed by atoms with Gasteiger partial charge in [-0.15, -0.1) is 0 Å². The highest BCUT2D eigenvalue weighted by atomic mass is 16.4. The van der Waals surface area contributed by atoms with Gasteiger partial charge in [0.15, 0.2) is 11.5 Å². The number of amides is 2. The summed E-state index contributed by atoms with van der Waals surface area (Å²) >= 11 is 0. The fraction of sp³-hybridized carbons (Fsp3) is 0.0741. The standard InChI is InChI=1S/C27H23N7O3/c1-16(35)31-19-5-2-4-18(14-19)22-11-12-23-26(32-22)34(25(33-23)21-6-3-13-29-24(21)28)20-9-7-17(8-10-20)15-30-27(36)37/h2-14,30H,15H2,1H3,(H2,28,29)(H,31,35)(H,36,37). The molecule has 2 amide bonds. The Kier molecular flexibility index (Phi) is 6.21. The number of nitrogens with zero attached hydrogens (tertiary/aromatic N) is 4. The number of nitrogens with two attached hydrogens (primary N) is 1. The van der Waals surface area contributed by atoms with Gasteiger partial charge in [0.25, 0.3) is 0 Å². The van der Waals surface area contributed by atoms with Crippen LogP contribution in [-0.2, 0) is 11.3 Å². The van der Waals surface area contributed by atoms with Crippen LogP contribution in [0.25, 0.3) is 39.5 Å². The summed E-state index contributed by atoms with van der Waals surface area (Å²) in [7, 11) is 0. The lowest BCUT2D eigenvalue weighted by Crippen LogP contribution is -2.19. The second-order valence-electron chi connectivity index (χ2n) is 8.33. The minimum absolute atomic E-state index is 0.153. The van der Waals surface area contributed by atoms with Crippen molar-refractivity contribution in [3.8, 4) is 28.3 Å². The Hall–Kier alpha value is -5.25. The molecule has 0 atom stereocenters. The predicted molar refractivity (Wildman–Crippen MR) is 141 cm³/mol. The minimum atomic E-state index is -1.08. The van der Waals surface area contributed by atoms with Crippen LogP contribution >= 0.6 is 0 Å². The number of hydrogen-bond donors (Lipinski definition) is 4. The number of nitrogen functional groups attached to an aromatic ring is 1. The lowest BCUT2D eigenvalue weighted by molar-refractivity contribution is -0.114. The van der Waals surface area contributed by atoms with Crippen molar-refractivity contribution in [2.75, 3.05) is 11.1 Å². The van der Waals surface area contributed by atoms with Gasteiger partial charge in [-0.2, -0.15) is 0 Å². The van der Waals surface area contributed by atoms with Crippen molar-refractivity contribution in [1.29, 1.82) is 0 Å². The summed E-state index contributed by atoms with van der Waals surface area (Å²) in [5.41, 5.74) is 11.9. The average molecular weight is 494 g/mol. The number of pyridine rings is 2. The molecule has 2 aromatic carbocycles. The van der Waals surface area contributed by atoms with Crippen LogP contribution in [0.2, 0.25) is 0 Å². The van der Waals surface area contributed by atoms with Crippen molar-refractivity contribution in [3.63, 3.8) is 0 Å². The first-order valence-corrected chi connectivity index (χ1v) is 11.4. The smallest absolute Gasteiger partial charge is 0.404 e. The van der Waals surface area contributed by atoms with E-state index < -0.39 is 6.09 Å². The van der Waals surface area contributed by atoms with Gasteiger partial charge in [0.1, 0.15) is 11.3 Å². The van der Waals surface area contributed by atoms with Crippen LogP contribution in [0.1, 0.15) is 12.5 Å². The van der Waals surface area contributed by atoms with Gasteiger partial charge in [-0.1, -0.05) is 24.3 Å². The number of carbonyl (C=O) groups excluding carboxylic acids is 1. The lowest BCUT2D eigenvalue weighted by atomic mass is 10.1.